The molecule has 82 valence electrons. The molecule has 3 nitrogen and oxygen atoms in total. The predicted octanol–water partition coefficient (Wildman–Crippen LogP) is 1.72. The van der Waals surface area contributed by atoms with Gasteiger partial charge >= 0.3 is 0 Å². The zero-order valence-corrected chi connectivity index (χ0v) is 8.98. The van der Waals surface area contributed by atoms with Crippen LogP contribution in [0.4, 0.5) is 0 Å². The Hall–Kier alpha value is -0.800. The largest absolute Gasteiger partial charge is 0.468 e. The van der Waals surface area contributed by atoms with Gasteiger partial charge in [0, 0.05) is 24.7 Å². The van der Waals surface area contributed by atoms with E-state index in [9.17, 15) is 0 Å². The normalized spacial score (nSPS) is 30.2. The van der Waals surface area contributed by atoms with Gasteiger partial charge in [0.05, 0.1) is 12.8 Å². The van der Waals surface area contributed by atoms with Crippen molar-refractivity contribution in [3.8, 4) is 0 Å². The van der Waals surface area contributed by atoms with E-state index in [0.29, 0.717) is 6.54 Å². The van der Waals surface area contributed by atoms with Gasteiger partial charge in [-0.3, -0.25) is 4.90 Å². The van der Waals surface area contributed by atoms with Gasteiger partial charge in [-0.05, 0) is 31.2 Å². The second-order valence-electron chi connectivity index (χ2n) is 4.84. The molecule has 3 heteroatoms. The first kappa shape index (κ1) is 9.43. The zero-order chi connectivity index (χ0) is 10.3. The Balaban J connectivity index is 1.70. The molecule has 0 aromatic carbocycles. The van der Waals surface area contributed by atoms with Crippen LogP contribution in [0.1, 0.15) is 30.6 Å². The quantitative estimate of drug-likeness (QED) is 0.819. The molecule has 2 aliphatic rings. The maximum Gasteiger partial charge on any atom is 0.122 e. The Labute approximate surface area is 90.2 Å². The number of hydrogen-bond acceptors (Lipinski definition) is 3. The van der Waals surface area contributed by atoms with E-state index in [-0.39, 0.29) is 0 Å². The van der Waals surface area contributed by atoms with Gasteiger partial charge in [-0.25, -0.2) is 0 Å². The summed E-state index contributed by atoms with van der Waals surface area (Å²) in [7, 11) is 0. The summed E-state index contributed by atoms with van der Waals surface area (Å²) < 4.78 is 5.50. The molecule has 0 radical (unpaired) electrons. The van der Waals surface area contributed by atoms with Gasteiger partial charge in [-0.1, -0.05) is 0 Å². The number of furan rings is 1. The average molecular weight is 206 g/mol. The molecule has 1 saturated carbocycles. The highest BCUT2D eigenvalue weighted by Crippen LogP contribution is 2.38. The van der Waals surface area contributed by atoms with E-state index >= 15 is 0 Å². The molecule has 2 bridgehead atoms. The molecule has 1 saturated heterocycles. The molecule has 1 aromatic heterocycles. The highest BCUT2D eigenvalue weighted by atomic mass is 16.3. The molecule has 1 aromatic rings. The predicted molar refractivity (Wildman–Crippen MR) is 58.1 cm³/mol. The van der Waals surface area contributed by atoms with Crippen LogP contribution >= 0.6 is 0 Å². The molecular weight excluding hydrogens is 188 g/mol. The minimum absolute atomic E-state index is 0.591. The van der Waals surface area contributed by atoms with Crippen LogP contribution in [0.25, 0.3) is 0 Å². The van der Waals surface area contributed by atoms with E-state index < -0.39 is 0 Å². The highest BCUT2D eigenvalue weighted by molar-refractivity contribution is 5.17. The van der Waals surface area contributed by atoms with Crippen LogP contribution in [-0.2, 0) is 13.1 Å². The fraction of sp³-hybridized carbons (Fsp3) is 0.667. The molecule has 2 heterocycles. The van der Waals surface area contributed by atoms with Gasteiger partial charge < -0.3 is 10.2 Å². The van der Waals surface area contributed by atoms with Crippen LogP contribution in [0.5, 0.6) is 0 Å². The lowest BCUT2D eigenvalue weighted by molar-refractivity contribution is 0.190. The van der Waals surface area contributed by atoms with Crippen LogP contribution in [0.2, 0.25) is 0 Å². The summed E-state index contributed by atoms with van der Waals surface area (Å²) >= 11 is 0. The van der Waals surface area contributed by atoms with Crippen LogP contribution in [0.15, 0.2) is 16.7 Å². The van der Waals surface area contributed by atoms with Gasteiger partial charge in [0.25, 0.3) is 0 Å². The molecule has 1 aliphatic heterocycles. The standard InChI is InChI=1S/C12H18N2O/c13-6-10-3-4-15-12(10)8-14-7-9-1-2-11(14)5-9/h3-4,9,11H,1-2,5-8,13H2. The van der Waals surface area contributed by atoms with Crippen LogP contribution < -0.4 is 5.73 Å². The molecule has 3 rings (SSSR count). The van der Waals surface area contributed by atoms with E-state index in [0.717, 1.165) is 29.8 Å². The fourth-order valence-corrected chi connectivity index (χ4v) is 3.09. The number of rotatable bonds is 3. The number of nitrogens with zero attached hydrogens (tertiary/aromatic N) is 1. The summed E-state index contributed by atoms with van der Waals surface area (Å²) in [4.78, 5) is 2.56. The maximum absolute atomic E-state index is 5.67. The molecular formula is C12H18N2O. The van der Waals surface area contributed by atoms with Crippen molar-refractivity contribution in [2.75, 3.05) is 6.54 Å². The Morgan fingerprint density at radius 3 is 3.07 bits per heavy atom. The van der Waals surface area contributed by atoms with Crippen LogP contribution in [0, 0.1) is 5.92 Å². The topological polar surface area (TPSA) is 42.4 Å². The number of hydrogen-bond donors (Lipinski definition) is 1. The molecule has 0 spiro atoms. The van der Waals surface area contributed by atoms with E-state index in [1.807, 2.05) is 6.07 Å². The fourth-order valence-electron chi connectivity index (χ4n) is 3.09. The third-order valence-electron chi connectivity index (χ3n) is 3.93. The Morgan fingerprint density at radius 1 is 1.47 bits per heavy atom. The lowest BCUT2D eigenvalue weighted by Gasteiger charge is -2.25. The summed E-state index contributed by atoms with van der Waals surface area (Å²) in [6.07, 6.45) is 5.97. The number of likely N-dealkylation sites (tertiary alicyclic amines) is 1. The molecule has 2 atom stereocenters. The summed E-state index contributed by atoms with van der Waals surface area (Å²) in [6, 6.07) is 2.80. The van der Waals surface area contributed by atoms with Gasteiger partial charge in [-0.15, -0.1) is 0 Å². The van der Waals surface area contributed by atoms with Gasteiger partial charge in [0.1, 0.15) is 5.76 Å². The van der Waals surface area contributed by atoms with Crippen molar-refractivity contribution < 1.29 is 4.42 Å². The second kappa shape index (κ2) is 3.65. The van der Waals surface area contributed by atoms with Crippen molar-refractivity contribution in [3.63, 3.8) is 0 Å². The minimum atomic E-state index is 0.591. The van der Waals surface area contributed by atoms with E-state index in [1.54, 1.807) is 6.26 Å². The molecule has 2 fully saturated rings. The Bertz CT molecular complexity index is 347. The van der Waals surface area contributed by atoms with Crippen molar-refractivity contribution in [1.82, 2.24) is 4.90 Å². The van der Waals surface area contributed by atoms with E-state index in [1.165, 1.54) is 25.8 Å². The Kier molecular flexibility index (Phi) is 2.29. The second-order valence-corrected chi connectivity index (χ2v) is 4.84. The van der Waals surface area contributed by atoms with Crippen LogP contribution in [0.3, 0.4) is 0 Å². The first-order valence-electron chi connectivity index (χ1n) is 5.86. The summed E-state index contributed by atoms with van der Waals surface area (Å²) in [5.41, 5.74) is 6.83. The summed E-state index contributed by atoms with van der Waals surface area (Å²) in [6.45, 7) is 2.81. The Morgan fingerprint density at radius 2 is 2.40 bits per heavy atom. The van der Waals surface area contributed by atoms with E-state index in [4.69, 9.17) is 10.2 Å². The zero-order valence-electron chi connectivity index (χ0n) is 8.98. The summed E-state index contributed by atoms with van der Waals surface area (Å²) in [5.74, 6) is 2.02. The molecule has 1 aliphatic carbocycles. The minimum Gasteiger partial charge on any atom is -0.468 e. The third kappa shape index (κ3) is 1.60. The van der Waals surface area contributed by atoms with Crippen molar-refractivity contribution in [2.45, 2.75) is 38.4 Å². The smallest absolute Gasteiger partial charge is 0.122 e. The van der Waals surface area contributed by atoms with Crippen molar-refractivity contribution in [3.05, 3.63) is 23.7 Å². The number of piperidine rings is 1. The average Bonchev–Trinajstić information content (AvgIpc) is 2.92. The van der Waals surface area contributed by atoms with Crippen molar-refractivity contribution in [1.29, 1.82) is 0 Å². The molecule has 15 heavy (non-hydrogen) atoms. The van der Waals surface area contributed by atoms with Crippen molar-refractivity contribution in [2.24, 2.45) is 11.7 Å². The third-order valence-corrected chi connectivity index (χ3v) is 3.93. The lowest BCUT2D eigenvalue weighted by atomic mass is 10.1. The first-order chi connectivity index (χ1) is 7.36. The number of nitrogens with two attached hydrogens (primary N) is 1. The van der Waals surface area contributed by atoms with Crippen LogP contribution in [-0.4, -0.2) is 17.5 Å². The lowest BCUT2D eigenvalue weighted by Crippen LogP contribution is -2.31. The SMILES string of the molecule is NCc1ccoc1CN1CC2CCC1C2. The molecule has 2 unspecified atom stereocenters. The van der Waals surface area contributed by atoms with E-state index in [2.05, 4.69) is 4.90 Å². The monoisotopic (exact) mass is 206 g/mol. The number of fused-ring (bicyclic) bond motifs is 2. The molecule has 2 N–H and O–H groups in total. The van der Waals surface area contributed by atoms with Gasteiger partial charge in [0.15, 0.2) is 0 Å². The van der Waals surface area contributed by atoms with Crippen molar-refractivity contribution >= 4 is 0 Å². The summed E-state index contributed by atoms with van der Waals surface area (Å²) in [5, 5.41) is 0. The highest BCUT2D eigenvalue weighted by Gasteiger charge is 2.37. The van der Waals surface area contributed by atoms with Gasteiger partial charge in [0.2, 0.25) is 0 Å². The van der Waals surface area contributed by atoms with Gasteiger partial charge in [-0.2, -0.15) is 0 Å². The maximum atomic E-state index is 5.67. The first-order valence-corrected chi connectivity index (χ1v) is 5.86. The molecule has 0 amide bonds.